The van der Waals surface area contributed by atoms with Crippen molar-refractivity contribution < 1.29 is 22.7 Å². The summed E-state index contributed by atoms with van der Waals surface area (Å²) < 4.78 is 35.3. The van der Waals surface area contributed by atoms with Crippen molar-refractivity contribution in [2.45, 2.75) is 62.6 Å². The quantitative estimate of drug-likeness (QED) is 0.159. The van der Waals surface area contributed by atoms with Crippen LogP contribution in [0.4, 0.5) is 5.69 Å². The van der Waals surface area contributed by atoms with Crippen molar-refractivity contribution in [2.75, 3.05) is 18.0 Å². The molecule has 1 fully saturated rings. The van der Waals surface area contributed by atoms with Gasteiger partial charge in [-0.05, 0) is 67.3 Å². The fourth-order valence-corrected chi connectivity index (χ4v) is 7.72. The molecule has 252 valence electrons. The number of ether oxygens (including phenoxy) is 1. The van der Waals surface area contributed by atoms with Gasteiger partial charge in [-0.15, -0.1) is 0 Å². The Morgan fingerprint density at radius 1 is 0.917 bits per heavy atom. The maximum atomic E-state index is 14.8. The van der Waals surface area contributed by atoms with E-state index in [9.17, 15) is 18.0 Å². The second-order valence-electron chi connectivity index (χ2n) is 11.9. The van der Waals surface area contributed by atoms with E-state index in [4.69, 9.17) is 27.9 Å². The Kier molecular flexibility index (Phi) is 11.7. The van der Waals surface area contributed by atoms with Gasteiger partial charge >= 0.3 is 0 Å². The number of hydrogen-bond acceptors (Lipinski definition) is 5. The molecule has 4 aromatic rings. The Morgan fingerprint density at radius 2 is 1.58 bits per heavy atom. The molecule has 11 heteroatoms. The maximum absolute atomic E-state index is 14.8. The number of carbonyl (C=O) groups excluding carboxylic acids is 2. The van der Waals surface area contributed by atoms with E-state index in [0.29, 0.717) is 10.6 Å². The first-order valence-electron chi connectivity index (χ1n) is 15.9. The van der Waals surface area contributed by atoms with Crippen LogP contribution in [-0.2, 0) is 32.6 Å². The summed E-state index contributed by atoms with van der Waals surface area (Å²) in [6, 6.07) is 26.5. The number of nitrogens with one attached hydrogen (secondary N) is 1. The van der Waals surface area contributed by atoms with Crippen LogP contribution in [0.3, 0.4) is 0 Å². The van der Waals surface area contributed by atoms with Crippen molar-refractivity contribution in [1.82, 2.24) is 10.2 Å². The molecular formula is C37H39Cl2N3O5S. The molecule has 8 nitrogen and oxygen atoms in total. The van der Waals surface area contributed by atoms with Gasteiger partial charge in [-0.2, -0.15) is 0 Å². The molecule has 0 radical (unpaired) electrons. The van der Waals surface area contributed by atoms with Gasteiger partial charge in [0, 0.05) is 29.1 Å². The molecule has 0 aromatic heterocycles. The predicted molar refractivity (Wildman–Crippen MR) is 190 cm³/mol. The van der Waals surface area contributed by atoms with E-state index in [-0.39, 0.29) is 46.3 Å². The topological polar surface area (TPSA) is 96.0 Å². The number of halogens is 2. The largest absolute Gasteiger partial charge is 0.495 e. The van der Waals surface area contributed by atoms with E-state index in [2.05, 4.69) is 5.32 Å². The lowest BCUT2D eigenvalue weighted by atomic mass is 10.0. The molecule has 48 heavy (non-hydrogen) atoms. The van der Waals surface area contributed by atoms with E-state index in [1.165, 1.54) is 30.2 Å². The molecule has 1 aliphatic rings. The van der Waals surface area contributed by atoms with Crippen LogP contribution >= 0.6 is 23.2 Å². The molecular weight excluding hydrogens is 669 g/mol. The molecule has 1 saturated carbocycles. The Morgan fingerprint density at radius 3 is 2.25 bits per heavy atom. The lowest BCUT2D eigenvalue weighted by Gasteiger charge is -2.34. The highest BCUT2D eigenvalue weighted by atomic mass is 35.5. The highest BCUT2D eigenvalue weighted by molar-refractivity contribution is 7.92. The van der Waals surface area contributed by atoms with Crippen molar-refractivity contribution in [3.05, 3.63) is 124 Å². The Bertz CT molecular complexity index is 1830. The SMILES string of the molecule is COc1ccc(Cl)cc1N(CC(=O)N(Cc1ccccc1Cl)C(Cc1ccccc1)C(=O)NC1CCCC1)S(=O)(=O)c1ccc(C)cc1. The van der Waals surface area contributed by atoms with Crippen LogP contribution in [-0.4, -0.2) is 50.9 Å². The molecule has 1 aliphatic carbocycles. The first kappa shape index (κ1) is 35.3. The van der Waals surface area contributed by atoms with Crippen molar-refractivity contribution >= 4 is 50.7 Å². The minimum absolute atomic E-state index is 0.00201. The number of methoxy groups -OCH3 is 1. The van der Waals surface area contributed by atoms with E-state index in [0.717, 1.165) is 41.1 Å². The van der Waals surface area contributed by atoms with E-state index in [1.807, 2.05) is 37.3 Å². The van der Waals surface area contributed by atoms with Crippen LogP contribution in [0.25, 0.3) is 0 Å². The highest BCUT2D eigenvalue weighted by Gasteiger charge is 2.36. The van der Waals surface area contributed by atoms with Gasteiger partial charge in [-0.3, -0.25) is 13.9 Å². The van der Waals surface area contributed by atoms with Gasteiger partial charge in [0.25, 0.3) is 10.0 Å². The number of benzene rings is 4. The second kappa shape index (κ2) is 15.9. The van der Waals surface area contributed by atoms with Gasteiger partial charge in [0.2, 0.25) is 11.8 Å². The highest BCUT2D eigenvalue weighted by Crippen LogP contribution is 2.35. The zero-order valence-corrected chi connectivity index (χ0v) is 29.3. The zero-order chi connectivity index (χ0) is 34.3. The average molecular weight is 709 g/mol. The normalized spacial score (nSPS) is 13.9. The van der Waals surface area contributed by atoms with E-state index < -0.39 is 28.5 Å². The maximum Gasteiger partial charge on any atom is 0.264 e. The number of carbonyl (C=O) groups is 2. The van der Waals surface area contributed by atoms with Crippen LogP contribution in [0.5, 0.6) is 5.75 Å². The third-order valence-corrected chi connectivity index (χ3v) is 10.9. The summed E-state index contributed by atoms with van der Waals surface area (Å²) in [6.45, 7) is 1.19. The second-order valence-corrected chi connectivity index (χ2v) is 14.7. The number of anilines is 1. The molecule has 1 N–H and O–H groups in total. The molecule has 0 saturated heterocycles. The van der Waals surface area contributed by atoms with Crippen molar-refractivity contribution in [3.63, 3.8) is 0 Å². The number of sulfonamides is 1. The number of amides is 2. The molecule has 1 atom stereocenters. The van der Waals surface area contributed by atoms with Crippen LogP contribution in [0.2, 0.25) is 10.0 Å². The van der Waals surface area contributed by atoms with Gasteiger partial charge in [0.1, 0.15) is 18.3 Å². The summed E-state index contributed by atoms with van der Waals surface area (Å²) in [5.74, 6) is -0.699. The van der Waals surface area contributed by atoms with Gasteiger partial charge in [-0.25, -0.2) is 8.42 Å². The lowest BCUT2D eigenvalue weighted by molar-refractivity contribution is -0.140. The predicted octanol–water partition coefficient (Wildman–Crippen LogP) is 7.20. The number of rotatable bonds is 13. The summed E-state index contributed by atoms with van der Waals surface area (Å²) >= 11 is 13.0. The summed E-state index contributed by atoms with van der Waals surface area (Å²) in [6.07, 6.45) is 3.97. The Balaban J connectivity index is 1.61. The summed E-state index contributed by atoms with van der Waals surface area (Å²) in [5, 5.41) is 3.85. The van der Waals surface area contributed by atoms with Crippen molar-refractivity contribution in [1.29, 1.82) is 0 Å². The minimum Gasteiger partial charge on any atom is -0.495 e. The van der Waals surface area contributed by atoms with Gasteiger partial charge in [-0.1, -0.05) is 102 Å². The fourth-order valence-electron chi connectivity index (χ4n) is 5.94. The van der Waals surface area contributed by atoms with Gasteiger partial charge in [0.15, 0.2) is 0 Å². The molecule has 0 spiro atoms. The van der Waals surface area contributed by atoms with Crippen molar-refractivity contribution in [3.8, 4) is 5.75 Å². The smallest absolute Gasteiger partial charge is 0.264 e. The minimum atomic E-state index is -4.33. The lowest BCUT2D eigenvalue weighted by Crippen LogP contribution is -2.54. The summed E-state index contributed by atoms with van der Waals surface area (Å²) in [5.41, 5.74) is 2.43. The molecule has 2 amide bonds. The molecule has 0 heterocycles. The Labute approximate surface area is 292 Å². The standard InChI is InChI=1S/C37H39Cl2N3O5S/c1-26-16-19-31(20-17-26)48(45,46)42(33-23-29(38)18-21-35(33)47-2)25-36(43)41(24-28-12-6-9-15-32(28)39)34(22-27-10-4-3-5-11-27)37(44)40-30-13-7-8-14-30/h3-6,9-12,15-21,23,30,34H,7-8,13-14,22,24-25H2,1-2H3,(H,40,44). The molecule has 5 rings (SSSR count). The summed E-state index contributed by atoms with van der Waals surface area (Å²) in [4.78, 5) is 30.3. The van der Waals surface area contributed by atoms with Gasteiger partial charge < -0.3 is 15.0 Å². The third kappa shape index (κ3) is 8.50. The van der Waals surface area contributed by atoms with Crippen LogP contribution in [0.1, 0.15) is 42.4 Å². The number of hydrogen-bond donors (Lipinski definition) is 1. The molecule has 0 bridgehead atoms. The first-order chi connectivity index (χ1) is 23.1. The first-order valence-corrected chi connectivity index (χ1v) is 18.1. The fraction of sp³-hybridized carbons (Fsp3) is 0.297. The number of aryl methyl sites for hydroxylation is 1. The third-order valence-electron chi connectivity index (χ3n) is 8.57. The van der Waals surface area contributed by atoms with Gasteiger partial charge in [0.05, 0.1) is 17.7 Å². The average Bonchev–Trinajstić information content (AvgIpc) is 3.59. The monoisotopic (exact) mass is 707 g/mol. The molecule has 0 aliphatic heterocycles. The number of nitrogens with zero attached hydrogens (tertiary/aromatic N) is 2. The summed E-state index contributed by atoms with van der Waals surface area (Å²) in [7, 11) is -2.92. The van der Waals surface area contributed by atoms with Crippen LogP contribution in [0, 0.1) is 6.92 Å². The van der Waals surface area contributed by atoms with E-state index >= 15 is 0 Å². The van der Waals surface area contributed by atoms with Crippen LogP contribution < -0.4 is 14.4 Å². The van der Waals surface area contributed by atoms with Crippen LogP contribution in [0.15, 0.2) is 102 Å². The molecule has 4 aromatic carbocycles. The molecule has 1 unspecified atom stereocenters. The van der Waals surface area contributed by atoms with Crippen molar-refractivity contribution in [2.24, 2.45) is 0 Å². The zero-order valence-electron chi connectivity index (χ0n) is 26.9. The Hall–Kier alpha value is -4.05. The van der Waals surface area contributed by atoms with E-state index in [1.54, 1.807) is 48.5 Å².